The van der Waals surface area contributed by atoms with Crippen LogP contribution in [0, 0.1) is 0 Å². The zero-order valence-corrected chi connectivity index (χ0v) is 12.7. The van der Waals surface area contributed by atoms with Crippen LogP contribution in [0.2, 0.25) is 5.02 Å². The van der Waals surface area contributed by atoms with Gasteiger partial charge in [0.25, 0.3) is 0 Å². The maximum atomic E-state index is 10.3. The highest BCUT2D eigenvalue weighted by Crippen LogP contribution is 2.30. The molecular formula is C10H8Br2ClN3O. The number of hydrogen-bond acceptors (Lipinski definition) is 3. The summed E-state index contributed by atoms with van der Waals surface area (Å²) in [6.07, 6.45) is -0.807. The second kappa shape index (κ2) is 5.06. The SMILES string of the molecule is Cn1nnc(Br)c1C(O)c1ccc(Cl)c(Br)c1. The third-order valence-corrected chi connectivity index (χ3v) is 4.12. The summed E-state index contributed by atoms with van der Waals surface area (Å²) < 4.78 is 2.79. The molecule has 1 N–H and O–H groups in total. The number of aryl methyl sites for hydroxylation is 1. The van der Waals surface area contributed by atoms with E-state index in [1.807, 2.05) is 0 Å². The molecule has 17 heavy (non-hydrogen) atoms. The lowest BCUT2D eigenvalue weighted by molar-refractivity contribution is 0.209. The maximum absolute atomic E-state index is 10.3. The Morgan fingerprint density at radius 2 is 2.12 bits per heavy atom. The van der Waals surface area contributed by atoms with Crippen molar-refractivity contribution in [3.8, 4) is 0 Å². The van der Waals surface area contributed by atoms with Crippen molar-refractivity contribution in [3.05, 3.63) is 43.6 Å². The largest absolute Gasteiger partial charge is 0.382 e. The molecule has 4 nitrogen and oxygen atoms in total. The lowest BCUT2D eigenvalue weighted by atomic mass is 10.1. The molecule has 0 fully saturated rings. The van der Waals surface area contributed by atoms with Gasteiger partial charge in [0.1, 0.15) is 11.8 Å². The second-order valence-corrected chi connectivity index (χ2v) is 5.48. The third kappa shape index (κ3) is 2.54. The van der Waals surface area contributed by atoms with E-state index in [4.69, 9.17) is 11.6 Å². The van der Waals surface area contributed by atoms with Crippen LogP contribution in [-0.2, 0) is 7.05 Å². The first-order chi connectivity index (χ1) is 8.00. The zero-order chi connectivity index (χ0) is 12.6. The number of aromatic nitrogens is 3. The van der Waals surface area contributed by atoms with Crippen molar-refractivity contribution >= 4 is 43.5 Å². The lowest BCUT2D eigenvalue weighted by Crippen LogP contribution is -2.07. The van der Waals surface area contributed by atoms with Crippen LogP contribution in [0.15, 0.2) is 27.3 Å². The number of nitrogens with zero attached hydrogens (tertiary/aromatic N) is 3. The van der Waals surface area contributed by atoms with Crippen LogP contribution in [0.4, 0.5) is 0 Å². The van der Waals surface area contributed by atoms with Crippen molar-refractivity contribution in [1.82, 2.24) is 15.0 Å². The van der Waals surface area contributed by atoms with E-state index in [2.05, 4.69) is 42.2 Å². The second-order valence-electron chi connectivity index (χ2n) is 3.47. The van der Waals surface area contributed by atoms with E-state index in [1.165, 1.54) is 4.68 Å². The Labute approximate surface area is 120 Å². The lowest BCUT2D eigenvalue weighted by Gasteiger charge is -2.12. The first kappa shape index (κ1) is 13.0. The predicted molar refractivity (Wildman–Crippen MR) is 71.9 cm³/mol. The molecule has 90 valence electrons. The average Bonchev–Trinajstić information content (AvgIpc) is 2.62. The summed E-state index contributed by atoms with van der Waals surface area (Å²) in [5, 5.41) is 18.5. The smallest absolute Gasteiger partial charge is 0.154 e. The molecule has 1 aromatic heterocycles. The van der Waals surface area contributed by atoms with Crippen LogP contribution in [0.25, 0.3) is 0 Å². The Hall–Kier alpha value is -0.430. The van der Waals surface area contributed by atoms with Gasteiger partial charge in [-0.3, -0.25) is 0 Å². The van der Waals surface area contributed by atoms with Gasteiger partial charge in [-0.25, -0.2) is 4.68 Å². The van der Waals surface area contributed by atoms with E-state index in [9.17, 15) is 5.11 Å². The molecule has 0 radical (unpaired) electrons. The Balaban J connectivity index is 2.43. The van der Waals surface area contributed by atoms with Gasteiger partial charge < -0.3 is 5.11 Å². The Morgan fingerprint density at radius 1 is 1.41 bits per heavy atom. The van der Waals surface area contributed by atoms with Crippen molar-refractivity contribution in [2.75, 3.05) is 0 Å². The molecule has 0 saturated carbocycles. The van der Waals surface area contributed by atoms with Crippen LogP contribution in [-0.4, -0.2) is 20.1 Å². The molecule has 0 aliphatic heterocycles. The number of aliphatic hydroxyl groups is 1. The minimum absolute atomic E-state index is 0.526. The Kier molecular flexibility index (Phi) is 3.87. The van der Waals surface area contributed by atoms with Gasteiger partial charge in [-0.1, -0.05) is 22.9 Å². The highest BCUT2D eigenvalue weighted by atomic mass is 79.9. The summed E-state index contributed by atoms with van der Waals surface area (Å²) in [6, 6.07) is 5.26. The fourth-order valence-electron chi connectivity index (χ4n) is 1.47. The van der Waals surface area contributed by atoms with Gasteiger partial charge in [-0.05, 0) is 49.6 Å². The number of halogens is 3. The van der Waals surface area contributed by atoms with Gasteiger partial charge in [0.2, 0.25) is 0 Å². The minimum atomic E-state index is -0.807. The first-order valence-electron chi connectivity index (χ1n) is 4.68. The first-order valence-corrected chi connectivity index (χ1v) is 6.65. The topological polar surface area (TPSA) is 50.9 Å². The number of rotatable bonds is 2. The quantitative estimate of drug-likeness (QED) is 0.870. The molecule has 0 aliphatic carbocycles. The summed E-state index contributed by atoms with van der Waals surface area (Å²) in [5.41, 5.74) is 1.31. The van der Waals surface area contributed by atoms with E-state index >= 15 is 0 Å². The fraction of sp³-hybridized carbons (Fsp3) is 0.200. The summed E-state index contributed by atoms with van der Waals surface area (Å²) in [4.78, 5) is 0. The third-order valence-electron chi connectivity index (χ3n) is 2.35. The molecule has 0 aliphatic rings. The highest BCUT2D eigenvalue weighted by Gasteiger charge is 2.19. The van der Waals surface area contributed by atoms with Crippen LogP contribution in [0.3, 0.4) is 0 Å². The molecule has 1 atom stereocenters. The number of aliphatic hydroxyl groups excluding tert-OH is 1. The summed E-state index contributed by atoms with van der Waals surface area (Å²) in [7, 11) is 1.72. The standard InChI is InChI=1S/C10H8Br2ClN3O/c1-16-8(10(12)14-15-16)9(17)5-2-3-7(13)6(11)4-5/h2-4,9,17H,1H3. The van der Waals surface area contributed by atoms with Crippen molar-refractivity contribution in [2.24, 2.45) is 7.05 Å². The molecule has 1 unspecified atom stereocenters. The molecule has 2 aromatic rings. The molecule has 1 aromatic carbocycles. The van der Waals surface area contributed by atoms with Gasteiger partial charge in [-0.2, -0.15) is 0 Å². The van der Waals surface area contributed by atoms with Crippen LogP contribution in [0.1, 0.15) is 17.4 Å². The predicted octanol–water partition coefficient (Wildman–Crippen LogP) is 3.08. The molecule has 0 bridgehead atoms. The molecule has 7 heteroatoms. The molecule has 1 heterocycles. The van der Waals surface area contributed by atoms with Crippen molar-refractivity contribution < 1.29 is 5.11 Å². The zero-order valence-electron chi connectivity index (χ0n) is 8.73. The van der Waals surface area contributed by atoms with Gasteiger partial charge in [0.05, 0.1) is 5.02 Å². The van der Waals surface area contributed by atoms with E-state index in [0.717, 1.165) is 4.47 Å². The van der Waals surface area contributed by atoms with Crippen molar-refractivity contribution in [2.45, 2.75) is 6.10 Å². The normalized spacial score (nSPS) is 12.8. The molecule has 0 spiro atoms. The monoisotopic (exact) mass is 379 g/mol. The van der Waals surface area contributed by atoms with Gasteiger partial charge in [0, 0.05) is 11.5 Å². The summed E-state index contributed by atoms with van der Waals surface area (Å²) in [5.74, 6) is 0. The average molecular weight is 381 g/mol. The summed E-state index contributed by atoms with van der Waals surface area (Å²) in [6.45, 7) is 0. The molecule has 0 saturated heterocycles. The van der Waals surface area contributed by atoms with Crippen molar-refractivity contribution in [3.63, 3.8) is 0 Å². The fourth-order valence-corrected chi connectivity index (χ4v) is 2.53. The van der Waals surface area contributed by atoms with E-state index < -0.39 is 6.10 Å². The van der Waals surface area contributed by atoms with Gasteiger partial charge in [-0.15, -0.1) is 5.10 Å². The van der Waals surface area contributed by atoms with E-state index in [-0.39, 0.29) is 0 Å². The van der Waals surface area contributed by atoms with E-state index in [0.29, 0.717) is 20.9 Å². The van der Waals surface area contributed by atoms with Crippen LogP contribution >= 0.6 is 43.5 Å². The maximum Gasteiger partial charge on any atom is 0.154 e. The Morgan fingerprint density at radius 3 is 2.65 bits per heavy atom. The highest BCUT2D eigenvalue weighted by molar-refractivity contribution is 9.10. The number of benzene rings is 1. The van der Waals surface area contributed by atoms with Gasteiger partial charge >= 0.3 is 0 Å². The van der Waals surface area contributed by atoms with Crippen LogP contribution < -0.4 is 0 Å². The minimum Gasteiger partial charge on any atom is -0.382 e. The Bertz CT molecular complexity index is 539. The summed E-state index contributed by atoms with van der Waals surface area (Å²) >= 11 is 12.5. The molecule has 0 amide bonds. The van der Waals surface area contributed by atoms with E-state index in [1.54, 1.807) is 25.2 Å². The van der Waals surface area contributed by atoms with Crippen LogP contribution in [0.5, 0.6) is 0 Å². The number of hydrogen-bond donors (Lipinski definition) is 1. The van der Waals surface area contributed by atoms with Gasteiger partial charge in [0.15, 0.2) is 4.60 Å². The van der Waals surface area contributed by atoms with Crippen molar-refractivity contribution in [1.29, 1.82) is 0 Å². The molecular weight excluding hydrogens is 373 g/mol. The molecule has 2 rings (SSSR count).